The second-order valence-electron chi connectivity index (χ2n) is 6.03. The summed E-state index contributed by atoms with van der Waals surface area (Å²) in [4.78, 5) is 2.67. The van der Waals surface area contributed by atoms with Gasteiger partial charge >= 0.3 is 0 Å². The number of hydrogen-bond acceptors (Lipinski definition) is 2. The smallest absolute Gasteiger partial charge is 0.0107 e. The van der Waals surface area contributed by atoms with Crippen molar-refractivity contribution in [3.8, 4) is 0 Å². The molecule has 2 N–H and O–H groups in total. The minimum Gasteiger partial charge on any atom is -0.327 e. The molecule has 16 heavy (non-hydrogen) atoms. The second-order valence-corrected chi connectivity index (χ2v) is 6.03. The van der Waals surface area contributed by atoms with Crippen LogP contribution in [0.15, 0.2) is 0 Å². The van der Waals surface area contributed by atoms with Gasteiger partial charge in [-0.15, -0.1) is 0 Å². The molecular formula is C14H28N2. The van der Waals surface area contributed by atoms with Gasteiger partial charge in [0.1, 0.15) is 0 Å². The maximum Gasteiger partial charge on any atom is 0.0107 e. The van der Waals surface area contributed by atoms with Crippen LogP contribution in [0, 0.1) is 11.8 Å². The SMILES string of the molecule is CC1C(N)CCN(CCC2CCCC2)C1C. The van der Waals surface area contributed by atoms with Crippen molar-refractivity contribution in [2.45, 2.75) is 64.5 Å². The Labute approximate surface area is 101 Å². The molecule has 1 saturated heterocycles. The molecule has 0 amide bonds. The van der Waals surface area contributed by atoms with Crippen LogP contribution in [0.4, 0.5) is 0 Å². The van der Waals surface area contributed by atoms with Crippen LogP contribution in [-0.4, -0.2) is 30.1 Å². The molecule has 1 saturated carbocycles. The van der Waals surface area contributed by atoms with Gasteiger partial charge < -0.3 is 10.6 Å². The first-order chi connectivity index (χ1) is 7.68. The minimum absolute atomic E-state index is 0.428. The van der Waals surface area contributed by atoms with Crippen LogP contribution in [0.2, 0.25) is 0 Å². The standard InChI is InChI=1S/C14H28N2/c1-11-12(2)16(10-8-14(11)15)9-7-13-5-3-4-6-13/h11-14H,3-10,15H2,1-2H3. The van der Waals surface area contributed by atoms with Crippen LogP contribution in [0.1, 0.15) is 52.4 Å². The monoisotopic (exact) mass is 224 g/mol. The zero-order valence-electron chi connectivity index (χ0n) is 11.0. The van der Waals surface area contributed by atoms with E-state index in [-0.39, 0.29) is 0 Å². The Kier molecular flexibility index (Phi) is 4.26. The summed E-state index contributed by atoms with van der Waals surface area (Å²) in [6, 6.07) is 1.11. The molecular weight excluding hydrogens is 196 g/mol. The van der Waals surface area contributed by atoms with E-state index in [1.54, 1.807) is 0 Å². The molecule has 0 radical (unpaired) electrons. The highest BCUT2D eigenvalue weighted by Gasteiger charge is 2.30. The number of nitrogens with two attached hydrogens (primary N) is 1. The predicted octanol–water partition coefficient (Wildman–Crippen LogP) is 2.62. The molecule has 2 fully saturated rings. The second kappa shape index (κ2) is 5.50. The maximum atomic E-state index is 6.12. The third-order valence-electron chi connectivity index (χ3n) is 5.06. The lowest BCUT2D eigenvalue weighted by Gasteiger charge is -2.41. The third-order valence-corrected chi connectivity index (χ3v) is 5.06. The van der Waals surface area contributed by atoms with Gasteiger partial charge in [-0.2, -0.15) is 0 Å². The highest BCUT2D eigenvalue weighted by molar-refractivity contribution is 4.87. The summed E-state index contributed by atoms with van der Waals surface area (Å²) in [6.07, 6.45) is 8.53. The van der Waals surface area contributed by atoms with Crippen molar-refractivity contribution in [2.75, 3.05) is 13.1 Å². The summed E-state index contributed by atoms with van der Waals surface area (Å²) in [6.45, 7) is 7.21. The largest absolute Gasteiger partial charge is 0.327 e. The molecule has 1 aliphatic carbocycles. The van der Waals surface area contributed by atoms with Crippen molar-refractivity contribution < 1.29 is 0 Å². The van der Waals surface area contributed by atoms with E-state index in [1.165, 1.54) is 51.6 Å². The van der Waals surface area contributed by atoms with Crippen molar-refractivity contribution in [2.24, 2.45) is 17.6 Å². The first kappa shape index (κ1) is 12.4. The van der Waals surface area contributed by atoms with E-state index in [0.717, 1.165) is 5.92 Å². The molecule has 2 rings (SSSR count). The molecule has 1 heterocycles. The molecule has 0 bridgehead atoms. The summed E-state index contributed by atoms with van der Waals surface area (Å²) in [5.41, 5.74) is 6.12. The van der Waals surface area contributed by atoms with Crippen LogP contribution >= 0.6 is 0 Å². The van der Waals surface area contributed by atoms with Gasteiger partial charge in [-0.05, 0) is 44.7 Å². The van der Waals surface area contributed by atoms with E-state index in [1.807, 2.05) is 0 Å². The Balaban J connectivity index is 1.76. The Morgan fingerprint density at radius 1 is 1.12 bits per heavy atom. The van der Waals surface area contributed by atoms with Crippen molar-refractivity contribution >= 4 is 0 Å². The quantitative estimate of drug-likeness (QED) is 0.798. The highest BCUT2D eigenvalue weighted by atomic mass is 15.2. The van der Waals surface area contributed by atoms with Crippen LogP contribution in [0.5, 0.6) is 0 Å². The third kappa shape index (κ3) is 2.78. The Hall–Kier alpha value is -0.0800. The number of piperidine rings is 1. The molecule has 2 aliphatic rings. The van der Waals surface area contributed by atoms with Gasteiger partial charge in [0.05, 0.1) is 0 Å². The van der Waals surface area contributed by atoms with Gasteiger partial charge in [0, 0.05) is 12.1 Å². The molecule has 1 aliphatic heterocycles. The fraction of sp³-hybridized carbons (Fsp3) is 1.00. The molecule has 0 aromatic heterocycles. The van der Waals surface area contributed by atoms with Crippen molar-refractivity contribution in [3.05, 3.63) is 0 Å². The maximum absolute atomic E-state index is 6.12. The number of rotatable bonds is 3. The average molecular weight is 224 g/mol. The molecule has 0 spiro atoms. The summed E-state index contributed by atoms with van der Waals surface area (Å²) >= 11 is 0. The lowest BCUT2D eigenvalue weighted by atomic mass is 9.87. The minimum atomic E-state index is 0.428. The normalized spacial score (nSPS) is 38.1. The van der Waals surface area contributed by atoms with Crippen LogP contribution in [0.3, 0.4) is 0 Å². The van der Waals surface area contributed by atoms with Gasteiger partial charge in [0.25, 0.3) is 0 Å². The molecule has 3 unspecified atom stereocenters. The summed E-state index contributed by atoms with van der Waals surface area (Å²) < 4.78 is 0. The molecule has 2 heteroatoms. The number of hydrogen-bond donors (Lipinski definition) is 1. The summed E-state index contributed by atoms with van der Waals surface area (Å²) in [5.74, 6) is 1.69. The van der Waals surface area contributed by atoms with Crippen molar-refractivity contribution in [1.29, 1.82) is 0 Å². The van der Waals surface area contributed by atoms with Crippen molar-refractivity contribution in [3.63, 3.8) is 0 Å². The predicted molar refractivity (Wildman–Crippen MR) is 69.4 cm³/mol. The van der Waals surface area contributed by atoms with E-state index >= 15 is 0 Å². The first-order valence-corrected chi connectivity index (χ1v) is 7.18. The zero-order chi connectivity index (χ0) is 11.5. The topological polar surface area (TPSA) is 29.3 Å². The Morgan fingerprint density at radius 3 is 2.50 bits per heavy atom. The molecule has 3 atom stereocenters. The molecule has 0 aromatic rings. The number of nitrogens with zero attached hydrogens (tertiary/aromatic N) is 1. The first-order valence-electron chi connectivity index (χ1n) is 7.18. The Morgan fingerprint density at radius 2 is 1.81 bits per heavy atom. The average Bonchev–Trinajstić information content (AvgIpc) is 2.78. The summed E-state index contributed by atoms with van der Waals surface area (Å²) in [5, 5.41) is 0. The molecule has 94 valence electrons. The van der Waals surface area contributed by atoms with E-state index in [9.17, 15) is 0 Å². The lowest BCUT2D eigenvalue weighted by Crippen LogP contribution is -2.52. The number of likely N-dealkylation sites (tertiary alicyclic amines) is 1. The van der Waals surface area contributed by atoms with Gasteiger partial charge in [-0.25, -0.2) is 0 Å². The van der Waals surface area contributed by atoms with E-state index in [0.29, 0.717) is 18.0 Å². The fourth-order valence-electron chi connectivity index (χ4n) is 3.43. The van der Waals surface area contributed by atoms with Crippen LogP contribution in [0.25, 0.3) is 0 Å². The van der Waals surface area contributed by atoms with Gasteiger partial charge in [-0.3, -0.25) is 0 Å². The highest BCUT2D eigenvalue weighted by Crippen LogP contribution is 2.29. The van der Waals surface area contributed by atoms with Gasteiger partial charge in [0.2, 0.25) is 0 Å². The van der Waals surface area contributed by atoms with E-state index < -0.39 is 0 Å². The zero-order valence-corrected chi connectivity index (χ0v) is 11.0. The van der Waals surface area contributed by atoms with Gasteiger partial charge in [0.15, 0.2) is 0 Å². The Bertz CT molecular complexity index is 211. The fourth-order valence-corrected chi connectivity index (χ4v) is 3.43. The molecule has 2 nitrogen and oxygen atoms in total. The van der Waals surface area contributed by atoms with Crippen LogP contribution < -0.4 is 5.73 Å². The van der Waals surface area contributed by atoms with Crippen LogP contribution in [-0.2, 0) is 0 Å². The molecule has 0 aromatic carbocycles. The van der Waals surface area contributed by atoms with Gasteiger partial charge in [-0.1, -0.05) is 32.6 Å². The van der Waals surface area contributed by atoms with Crippen molar-refractivity contribution in [1.82, 2.24) is 4.90 Å². The van der Waals surface area contributed by atoms with E-state index in [2.05, 4.69) is 18.7 Å². The summed E-state index contributed by atoms with van der Waals surface area (Å²) in [7, 11) is 0. The lowest BCUT2D eigenvalue weighted by molar-refractivity contribution is 0.0919. The van der Waals surface area contributed by atoms with E-state index in [4.69, 9.17) is 5.73 Å².